The van der Waals surface area contributed by atoms with Crippen molar-refractivity contribution in [2.75, 3.05) is 14.2 Å². The van der Waals surface area contributed by atoms with E-state index < -0.39 is 0 Å². The Morgan fingerprint density at radius 3 is 2.22 bits per heavy atom. The van der Waals surface area contributed by atoms with Crippen LogP contribution in [0.5, 0.6) is 11.5 Å². The van der Waals surface area contributed by atoms with Crippen LogP contribution in [0.4, 0.5) is 0 Å². The maximum absolute atomic E-state index is 12.5. The number of carbonyl (C=O) groups is 1. The summed E-state index contributed by atoms with van der Waals surface area (Å²) in [5.41, 5.74) is 1.26. The van der Waals surface area contributed by atoms with Crippen LogP contribution in [0.15, 0.2) is 24.3 Å². The number of methoxy groups -OCH3 is 2. The number of carbonyl (C=O) groups excluding carboxylic acids is 1. The van der Waals surface area contributed by atoms with Gasteiger partial charge >= 0.3 is 0 Å². The monoisotopic (exact) mass is 369 g/mol. The minimum absolute atomic E-state index is 0.00645. The van der Waals surface area contributed by atoms with E-state index in [4.69, 9.17) is 9.47 Å². The van der Waals surface area contributed by atoms with Gasteiger partial charge in [-0.05, 0) is 92.4 Å². The zero-order valence-electron chi connectivity index (χ0n) is 16.7. The summed E-state index contributed by atoms with van der Waals surface area (Å²) < 4.78 is 10.6. The second kappa shape index (κ2) is 7.21. The summed E-state index contributed by atoms with van der Waals surface area (Å²) in [6.45, 7) is 2.22. The normalized spacial score (nSPS) is 32.5. The van der Waals surface area contributed by atoms with Crippen molar-refractivity contribution in [3.63, 3.8) is 0 Å². The molecule has 0 aromatic heterocycles. The first-order chi connectivity index (χ1) is 13.0. The molecule has 0 radical (unpaired) electrons. The molecule has 4 aliphatic carbocycles. The molecule has 0 heterocycles. The molecule has 5 rings (SSSR count). The van der Waals surface area contributed by atoms with Gasteiger partial charge in [-0.15, -0.1) is 0 Å². The Bertz CT molecular complexity index is 704. The van der Waals surface area contributed by atoms with Crippen LogP contribution in [0.2, 0.25) is 0 Å². The highest BCUT2D eigenvalue weighted by Gasteiger charge is 2.53. The standard InChI is InChI=1S/C23H31NO3/c1-15(23-12-17-8-18(13-23)10-19(9-17)14-23)24-22(25)7-5-16-4-6-20(26-2)21(11-16)27-3/h4-7,11,15,17-19H,8-10,12-14H2,1-3H3,(H,24,25)/b7-5-/t15-,17?,18?,19?,23?/m1/s1. The van der Waals surface area contributed by atoms with Gasteiger partial charge in [-0.25, -0.2) is 0 Å². The largest absolute Gasteiger partial charge is 0.493 e. The first kappa shape index (κ1) is 18.4. The van der Waals surface area contributed by atoms with E-state index in [1.807, 2.05) is 24.3 Å². The lowest BCUT2D eigenvalue weighted by Crippen LogP contribution is -2.55. The molecule has 4 fully saturated rings. The van der Waals surface area contributed by atoms with E-state index in [-0.39, 0.29) is 11.9 Å². The second-order valence-corrected chi connectivity index (χ2v) is 8.96. The summed E-state index contributed by atoms with van der Waals surface area (Å²) in [4.78, 5) is 12.5. The van der Waals surface area contributed by atoms with E-state index in [2.05, 4.69) is 12.2 Å². The van der Waals surface area contributed by atoms with Gasteiger partial charge in [0.2, 0.25) is 5.91 Å². The summed E-state index contributed by atoms with van der Waals surface area (Å²) in [6.07, 6.45) is 11.7. The third-order valence-corrected chi connectivity index (χ3v) is 7.20. The molecule has 146 valence electrons. The molecule has 4 nitrogen and oxygen atoms in total. The Labute approximate surface area is 162 Å². The van der Waals surface area contributed by atoms with Crippen LogP contribution in [0.3, 0.4) is 0 Å². The molecule has 4 aliphatic rings. The number of hydrogen-bond donors (Lipinski definition) is 1. The van der Waals surface area contributed by atoms with Crippen molar-refractivity contribution in [2.24, 2.45) is 23.2 Å². The first-order valence-corrected chi connectivity index (χ1v) is 10.2. The fourth-order valence-corrected chi connectivity index (χ4v) is 6.25. The van der Waals surface area contributed by atoms with Crippen LogP contribution in [0, 0.1) is 23.2 Å². The van der Waals surface area contributed by atoms with E-state index in [0.717, 1.165) is 23.3 Å². The Morgan fingerprint density at radius 2 is 1.67 bits per heavy atom. The number of rotatable bonds is 6. The van der Waals surface area contributed by atoms with Crippen LogP contribution < -0.4 is 14.8 Å². The second-order valence-electron chi connectivity index (χ2n) is 8.96. The molecular weight excluding hydrogens is 338 g/mol. The molecule has 27 heavy (non-hydrogen) atoms. The Balaban J connectivity index is 1.40. The Morgan fingerprint density at radius 1 is 1.07 bits per heavy atom. The van der Waals surface area contributed by atoms with Gasteiger partial charge in [-0.1, -0.05) is 6.07 Å². The molecule has 4 heteroatoms. The maximum Gasteiger partial charge on any atom is 0.244 e. The predicted molar refractivity (Wildman–Crippen MR) is 107 cm³/mol. The van der Waals surface area contributed by atoms with E-state index in [9.17, 15) is 4.79 Å². The van der Waals surface area contributed by atoms with Crippen molar-refractivity contribution < 1.29 is 14.3 Å². The van der Waals surface area contributed by atoms with E-state index >= 15 is 0 Å². The van der Waals surface area contributed by atoms with Crippen molar-refractivity contribution in [1.82, 2.24) is 5.32 Å². The number of ether oxygens (including phenoxy) is 2. The molecule has 0 saturated heterocycles. The van der Waals surface area contributed by atoms with Crippen LogP contribution in [0.25, 0.3) is 6.08 Å². The van der Waals surface area contributed by atoms with E-state index in [1.165, 1.54) is 38.5 Å². The highest BCUT2D eigenvalue weighted by molar-refractivity contribution is 5.92. The topological polar surface area (TPSA) is 47.6 Å². The third-order valence-electron chi connectivity index (χ3n) is 7.20. The van der Waals surface area contributed by atoms with Crippen molar-refractivity contribution in [1.29, 1.82) is 0 Å². The fourth-order valence-electron chi connectivity index (χ4n) is 6.25. The summed E-state index contributed by atoms with van der Waals surface area (Å²) in [6, 6.07) is 5.90. The summed E-state index contributed by atoms with van der Waals surface area (Å²) in [7, 11) is 3.23. The smallest absolute Gasteiger partial charge is 0.244 e. The molecule has 0 unspecified atom stereocenters. The minimum Gasteiger partial charge on any atom is -0.493 e. The Hall–Kier alpha value is -1.97. The fraction of sp³-hybridized carbons (Fsp3) is 0.609. The molecule has 4 saturated carbocycles. The van der Waals surface area contributed by atoms with Crippen LogP contribution in [0.1, 0.15) is 51.0 Å². The maximum atomic E-state index is 12.5. The Kier molecular flexibility index (Phi) is 4.92. The number of benzene rings is 1. The zero-order chi connectivity index (χ0) is 19.0. The van der Waals surface area contributed by atoms with E-state index in [0.29, 0.717) is 16.9 Å². The molecular formula is C23H31NO3. The predicted octanol–water partition coefficient (Wildman–Crippen LogP) is 4.44. The molecule has 0 aliphatic heterocycles. The van der Waals surface area contributed by atoms with Gasteiger partial charge < -0.3 is 14.8 Å². The first-order valence-electron chi connectivity index (χ1n) is 10.2. The lowest BCUT2D eigenvalue weighted by molar-refractivity contribution is -0.121. The SMILES string of the molecule is COc1ccc(/C=C\C(=O)N[C@H](C)C23CC4CC(CC(C4)C2)C3)cc1OC. The molecule has 1 amide bonds. The number of hydrogen-bond acceptors (Lipinski definition) is 3. The molecule has 1 aromatic carbocycles. The summed E-state index contributed by atoms with van der Waals surface area (Å²) in [5.74, 6) is 4.05. The summed E-state index contributed by atoms with van der Waals surface area (Å²) in [5, 5.41) is 3.28. The van der Waals surface area contributed by atoms with Gasteiger partial charge in [-0.3, -0.25) is 4.79 Å². The highest BCUT2D eigenvalue weighted by Crippen LogP contribution is 2.61. The molecule has 1 N–H and O–H groups in total. The van der Waals surface area contributed by atoms with Crippen molar-refractivity contribution in [2.45, 2.75) is 51.5 Å². The molecule has 0 spiro atoms. The van der Waals surface area contributed by atoms with E-state index in [1.54, 1.807) is 20.3 Å². The van der Waals surface area contributed by atoms with Gasteiger partial charge in [0, 0.05) is 12.1 Å². The van der Waals surface area contributed by atoms with Gasteiger partial charge in [-0.2, -0.15) is 0 Å². The zero-order valence-corrected chi connectivity index (χ0v) is 16.7. The van der Waals surface area contributed by atoms with Gasteiger partial charge in [0.15, 0.2) is 11.5 Å². The van der Waals surface area contributed by atoms with Crippen LogP contribution >= 0.6 is 0 Å². The van der Waals surface area contributed by atoms with Crippen LogP contribution in [-0.4, -0.2) is 26.2 Å². The lowest BCUT2D eigenvalue weighted by Gasteiger charge is -2.59. The van der Waals surface area contributed by atoms with Gasteiger partial charge in [0.25, 0.3) is 0 Å². The van der Waals surface area contributed by atoms with Gasteiger partial charge in [0.05, 0.1) is 14.2 Å². The average molecular weight is 370 g/mol. The summed E-state index contributed by atoms with van der Waals surface area (Å²) >= 11 is 0. The number of amides is 1. The lowest BCUT2D eigenvalue weighted by atomic mass is 9.48. The average Bonchev–Trinajstić information content (AvgIpc) is 2.65. The van der Waals surface area contributed by atoms with Gasteiger partial charge in [0.1, 0.15) is 0 Å². The third kappa shape index (κ3) is 3.59. The highest BCUT2D eigenvalue weighted by atomic mass is 16.5. The quantitative estimate of drug-likeness (QED) is 0.754. The van der Waals surface area contributed by atoms with Crippen molar-refractivity contribution in [3.8, 4) is 11.5 Å². The molecule has 1 aromatic rings. The minimum atomic E-state index is -0.00645. The molecule has 4 bridgehead atoms. The van der Waals surface area contributed by atoms with Crippen molar-refractivity contribution in [3.05, 3.63) is 29.8 Å². The molecule has 1 atom stereocenters. The number of nitrogens with one attached hydrogen (secondary N) is 1. The van der Waals surface area contributed by atoms with Crippen molar-refractivity contribution >= 4 is 12.0 Å². The van der Waals surface area contributed by atoms with Crippen LogP contribution in [-0.2, 0) is 4.79 Å².